The summed E-state index contributed by atoms with van der Waals surface area (Å²) < 4.78 is 18.8. The van der Waals surface area contributed by atoms with Crippen molar-refractivity contribution in [2.24, 2.45) is 0 Å². The van der Waals surface area contributed by atoms with Gasteiger partial charge in [0.15, 0.2) is 0 Å². The first-order chi connectivity index (χ1) is 9.54. The largest absolute Gasteiger partial charge is 0.478 e. The lowest BCUT2D eigenvalue weighted by Gasteiger charge is -2.14. The Hall–Kier alpha value is -1.42. The number of ether oxygens (including phenoxy) is 1. The molecule has 0 aliphatic rings. The highest BCUT2D eigenvalue weighted by atomic mass is 19.1. The minimum Gasteiger partial charge on any atom is -0.478 e. The molecule has 0 fully saturated rings. The fraction of sp³-hybridized carbons (Fsp3) is 0.562. The lowest BCUT2D eigenvalue weighted by molar-refractivity contribution is 0.0441. The predicted molar refractivity (Wildman–Crippen MR) is 76.4 cm³/mol. The molecule has 112 valence electrons. The fourth-order valence-electron chi connectivity index (χ4n) is 2.06. The van der Waals surface area contributed by atoms with Crippen molar-refractivity contribution in [3.63, 3.8) is 0 Å². The fourth-order valence-corrected chi connectivity index (χ4v) is 2.06. The zero-order valence-electron chi connectivity index (χ0n) is 12.2. The number of hydrogen-bond acceptors (Lipinski definition) is 2. The molecule has 20 heavy (non-hydrogen) atoms. The summed E-state index contributed by atoms with van der Waals surface area (Å²) in [5.74, 6) is -1.50. The monoisotopic (exact) mass is 282 g/mol. The van der Waals surface area contributed by atoms with Crippen LogP contribution in [0.5, 0.6) is 0 Å². The number of carboxylic acids is 1. The number of carboxylic acid groups (broad SMARTS) is 1. The summed E-state index contributed by atoms with van der Waals surface area (Å²) in [5, 5.41) is 9.04. The molecule has 0 bridgehead atoms. The summed E-state index contributed by atoms with van der Waals surface area (Å²) in [6.07, 6.45) is 5.70. The highest BCUT2D eigenvalue weighted by Gasteiger charge is 2.12. The van der Waals surface area contributed by atoms with Gasteiger partial charge < -0.3 is 9.84 Å². The van der Waals surface area contributed by atoms with E-state index in [1.807, 2.05) is 6.92 Å². The van der Waals surface area contributed by atoms with Gasteiger partial charge in [0, 0.05) is 0 Å². The van der Waals surface area contributed by atoms with Crippen molar-refractivity contribution in [1.82, 2.24) is 0 Å². The first-order valence-corrected chi connectivity index (χ1v) is 7.18. The van der Waals surface area contributed by atoms with Crippen molar-refractivity contribution in [1.29, 1.82) is 0 Å². The van der Waals surface area contributed by atoms with Crippen LogP contribution in [0.4, 0.5) is 4.39 Å². The van der Waals surface area contributed by atoms with Crippen molar-refractivity contribution < 1.29 is 19.0 Å². The van der Waals surface area contributed by atoms with E-state index < -0.39 is 11.8 Å². The lowest BCUT2D eigenvalue weighted by atomic mass is 10.1. The van der Waals surface area contributed by atoms with E-state index in [9.17, 15) is 9.18 Å². The first-order valence-electron chi connectivity index (χ1n) is 7.18. The Bertz CT molecular complexity index is 432. The van der Waals surface area contributed by atoms with Crippen molar-refractivity contribution in [2.45, 2.75) is 58.7 Å². The zero-order valence-corrected chi connectivity index (χ0v) is 12.2. The standard InChI is InChI=1S/C16H23FO3/c1-3-4-5-6-7-12(2)20-11-13-10-14(17)8-9-15(13)16(18)19/h8-10,12H,3-7,11H2,1-2H3,(H,18,19). The van der Waals surface area contributed by atoms with E-state index in [4.69, 9.17) is 9.84 Å². The number of aromatic carboxylic acids is 1. The zero-order chi connectivity index (χ0) is 15.0. The van der Waals surface area contributed by atoms with E-state index in [1.165, 1.54) is 31.4 Å². The van der Waals surface area contributed by atoms with Gasteiger partial charge in [-0.2, -0.15) is 0 Å². The average molecular weight is 282 g/mol. The van der Waals surface area contributed by atoms with Crippen LogP contribution in [0.2, 0.25) is 0 Å². The summed E-state index contributed by atoms with van der Waals surface area (Å²) in [5.41, 5.74) is 0.488. The minimum absolute atomic E-state index is 0.0526. The van der Waals surface area contributed by atoms with Crippen LogP contribution in [0, 0.1) is 5.82 Å². The molecule has 1 atom stereocenters. The Kier molecular flexibility index (Phi) is 7.23. The number of hydrogen-bond donors (Lipinski definition) is 1. The number of unbranched alkanes of at least 4 members (excludes halogenated alkanes) is 3. The number of rotatable bonds is 9. The second-order valence-electron chi connectivity index (χ2n) is 5.08. The molecule has 1 N–H and O–H groups in total. The molecule has 0 saturated heterocycles. The number of halogens is 1. The Labute approximate surface area is 119 Å². The van der Waals surface area contributed by atoms with E-state index in [0.717, 1.165) is 18.9 Å². The van der Waals surface area contributed by atoms with E-state index >= 15 is 0 Å². The van der Waals surface area contributed by atoms with Crippen molar-refractivity contribution in [2.75, 3.05) is 0 Å². The van der Waals surface area contributed by atoms with Crippen LogP contribution in [0.15, 0.2) is 18.2 Å². The molecular weight excluding hydrogens is 259 g/mol. The lowest BCUT2D eigenvalue weighted by Crippen LogP contribution is -2.11. The van der Waals surface area contributed by atoms with Gasteiger partial charge in [-0.05, 0) is 37.1 Å². The van der Waals surface area contributed by atoms with Gasteiger partial charge in [0.05, 0.1) is 18.3 Å². The third kappa shape index (κ3) is 5.70. The second kappa shape index (κ2) is 8.69. The van der Waals surface area contributed by atoms with Gasteiger partial charge in [-0.25, -0.2) is 9.18 Å². The maximum Gasteiger partial charge on any atom is 0.336 e. The molecule has 0 spiro atoms. The molecule has 1 rings (SSSR count). The second-order valence-corrected chi connectivity index (χ2v) is 5.08. The van der Waals surface area contributed by atoms with Gasteiger partial charge in [-0.3, -0.25) is 0 Å². The number of carbonyl (C=O) groups is 1. The first kappa shape index (κ1) is 16.6. The normalized spacial score (nSPS) is 12.3. The Morgan fingerprint density at radius 2 is 2.10 bits per heavy atom. The third-order valence-electron chi connectivity index (χ3n) is 3.29. The number of benzene rings is 1. The van der Waals surface area contributed by atoms with Crippen LogP contribution in [0.1, 0.15) is 61.9 Å². The highest BCUT2D eigenvalue weighted by Crippen LogP contribution is 2.15. The van der Waals surface area contributed by atoms with Crippen LogP contribution in [-0.4, -0.2) is 17.2 Å². The molecule has 4 heteroatoms. The van der Waals surface area contributed by atoms with Gasteiger partial charge in [0.25, 0.3) is 0 Å². The molecule has 1 aromatic rings. The molecule has 0 aliphatic heterocycles. The maximum absolute atomic E-state index is 13.2. The molecule has 1 unspecified atom stereocenters. The SMILES string of the molecule is CCCCCCC(C)OCc1cc(F)ccc1C(=O)O. The quantitative estimate of drug-likeness (QED) is 0.683. The molecule has 0 saturated carbocycles. The van der Waals surface area contributed by atoms with E-state index in [1.54, 1.807) is 0 Å². The summed E-state index contributed by atoms with van der Waals surface area (Å²) in [6.45, 7) is 4.26. The van der Waals surface area contributed by atoms with Crippen LogP contribution < -0.4 is 0 Å². The van der Waals surface area contributed by atoms with Gasteiger partial charge in [-0.1, -0.05) is 32.6 Å². The molecule has 0 aliphatic carbocycles. The van der Waals surface area contributed by atoms with Crippen molar-refractivity contribution >= 4 is 5.97 Å². The van der Waals surface area contributed by atoms with Crippen LogP contribution >= 0.6 is 0 Å². The van der Waals surface area contributed by atoms with Gasteiger partial charge >= 0.3 is 5.97 Å². The van der Waals surface area contributed by atoms with Crippen LogP contribution in [0.3, 0.4) is 0 Å². The van der Waals surface area contributed by atoms with Crippen molar-refractivity contribution in [3.8, 4) is 0 Å². The van der Waals surface area contributed by atoms with Crippen LogP contribution in [-0.2, 0) is 11.3 Å². The van der Waals surface area contributed by atoms with Crippen molar-refractivity contribution in [3.05, 3.63) is 35.1 Å². The summed E-state index contributed by atoms with van der Waals surface area (Å²) >= 11 is 0. The molecule has 0 amide bonds. The Morgan fingerprint density at radius 3 is 2.75 bits per heavy atom. The van der Waals surface area contributed by atoms with E-state index in [0.29, 0.717) is 5.56 Å². The van der Waals surface area contributed by atoms with Gasteiger partial charge in [-0.15, -0.1) is 0 Å². The highest BCUT2D eigenvalue weighted by molar-refractivity contribution is 5.89. The molecular formula is C16H23FO3. The molecule has 0 radical (unpaired) electrons. The summed E-state index contributed by atoms with van der Waals surface area (Å²) in [7, 11) is 0. The molecule has 0 heterocycles. The van der Waals surface area contributed by atoms with Gasteiger partial charge in [0.1, 0.15) is 5.82 Å². The maximum atomic E-state index is 13.2. The summed E-state index contributed by atoms with van der Waals surface area (Å²) in [4.78, 5) is 11.0. The van der Waals surface area contributed by atoms with E-state index in [2.05, 4.69) is 6.92 Å². The smallest absolute Gasteiger partial charge is 0.336 e. The topological polar surface area (TPSA) is 46.5 Å². The molecule has 3 nitrogen and oxygen atoms in total. The van der Waals surface area contributed by atoms with Gasteiger partial charge in [0.2, 0.25) is 0 Å². The minimum atomic E-state index is -1.06. The molecule has 0 aromatic heterocycles. The summed E-state index contributed by atoms with van der Waals surface area (Å²) in [6, 6.07) is 3.66. The Morgan fingerprint density at radius 1 is 1.35 bits per heavy atom. The average Bonchev–Trinajstić information content (AvgIpc) is 2.41. The molecule has 1 aromatic carbocycles. The van der Waals surface area contributed by atoms with Crippen LogP contribution in [0.25, 0.3) is 0 Å². The Balaban J connectivity index is 2.48. The third-order valence-corrected chi connectivity index (χ3v) is 3.29. The predicted octanol–water partition coefficient (Wildman–Crippen LogP) is 4.40. The van der Waals surface area contributed by atoms with E-state index in [-0.39, 0.29) is 18.3 Å².